The summed E-state index contributed by atoms with van der Waals surface area (Å²) in [4.78, 5) is 16.3. The van der Waals surface area contributed by atoms with Crippen LogP contribution in [0.3, 0.4) is 0 Å². The molecule has 2 saturated heterocycles. The zero-order chi connectivity index (χ0) is 17.5. The van der Waals surface area contributed by atoms with Crippen molar-refractivity contribution in [1.82, 2.24) is 20.1 Å². The van der Waals surface area contributed by atoms with Gasteiger partial charge in [0, 0.05) is 52.0 Å². The van der Waals surface area contributed by atoms with E-state index in [1.165, 1.54) is 0 Å². The fourth-order valence-corrected chi connectivity index (χ4v) is 3.28. The Morgan fingerprint density at radius 2 is 2.08 bits per heavy atom. The van der Waals surface area contributed by atoms with E-state index in [0.717, 1.165) is 64.2 Å². The average Bonchev–Trinajstić information content (AvgIpc) is 2.66. The lowest BCUT2D eigenvalue weighted by molar-refractivity contribution is -0.0137. The molecule has 3 rings (SSSR count). The maximum absolute atomic E-state index is 5.83. The van der Waals surface area contributed by atoms with E-state index in [2.05, 4.69) is 45.0 Å². The van der Waals surface area contributed by atoms with E-state index in [1.807, 2.05) is 18.3 Å². The molecule has 146 valence electrons. The average molecular weight is 474 g/mol. The van der Waals surface area contributed by atoms with Gasteiger partial charge in [0.05, 0.1) is 19.3 Å². The van der Waals surface area contributed by atoms with Crippen LogP contribution in [0.2, 0.25) is 0 Å². The smallest absolute Gasteiger partial charge is 0.194 e. The molecule has 3 heterocycles. The number of likely N-dealkylation sites (N-methyl/N-ethyl adjacent to an activating group) is 1. The van der Waals surface area contributed by atoms with E-state index >= 15 is 0 Å². The van der Waals surface area contributed by atoms with Crippen molar-refractivity contribution in [3.63, 3.8) is 0 Å². The lowest BCUT2D eigenvalue weighted by Crippen LogP contribution is -2.53. The molecule has 1 aromatic heterocycles. The normalized spacial score (nSPS) is 22.1. The molecule has 0 aliphatic carbocycles. The summed E-state index contributed by atoms with van der Waals surface area (Å²) < 4.78 is 5.83. The minimum absolute atomic E-state index is 0. The quantitative estimate of drug-likeness (QED) is 0.401. The highest BCUT2D eigenvalue weighted by Gasteiger charge is 2.22. The number of nitrogens with zero attached hydrogens (tertiary/aromatic N) is 5. The van der Waals surface area contributed by atoms with E-state index < -0.39 is 0 Å². The number of aliphatic imine (C=N–C) groups is 1. The van der Waals surface area contributed by atoms with Gasteiger partial charge in [-0.15, -0.1) is 24.0 Å². The van der Waals surface area contributed by atoms with Crippen LogP contribution in [0.4, 0.5) is 5.82 Å². The summed E-state index contributed by atoms with van der Waals surface area (Å²) in [5, 5.41) is 3.43. The second kappa shape index (κ2) is 10.9. The lowest BCUT2D eigenvalue weighted by Gasteiger charge is -2.37. The lowest BCUT2D eigenvalue weighted by atomic mass is 10.3. The fraction of sp³-hybridized carbons (Fsp3) is 0.667. The number of ether oxygens (including phenoxy) is 1. The predicted molar refractivity (Wildman–Crippen MR) is 117 cm³/mol. The molecular formula is C18H31IN6O. The van der Waals surface area contributed by atoms with E-state index in [1.54, 1.807) is 0 Å². The molecule has 1 atom stereocenters. The molecule has 7 nitrogen and oxygen atoms in total. The molecular weight excluding hydrogens is 443 g/mol. The van der Waals surface area contributed by atoms with E-state index in [9.17, 15) is 0 Å². The van der Waals surface area contributed by atoms with Gasteiger partial charge < -0.3 is 24.8 Å². The van der Waals surface area contributed by atoms with Gasteiger partial charge in [0.25, 0.3) is 0 Å². The molecule has 2 aliphatic rings. The molecule has 0 bridgehead atoms. The Kier molecular flexibility index (Phi) is 8.86. The monoisotopic (exact) mass is 474 g/mol. The van der Waals surface area contributed by atoms with Gasteiger partial charge in [-0.2, -0.15) is 0 Å². The summed E-state index contributed by atoms with van der Waals surface area (Å²) in [7, 11) is 2.14. The predicted octanol–water partition coefficient (Wildman–Crippen LogP) is 1.12. The summed E-state index contributed by atoms with van der Waals surface area (Å²) in [6, 6.07) is 6.08. The number of halogens is 1. The molecule has 0 aromatic carbocycles. The van der Waals surface area contributed by atoms with Crippen LogP contribution in [0.15, 0.2) is 29.4 Å². The number of anilines is 1. The third kappa shape index (κ3) is 5.95. The molecule has 1 N–H and O–H groups in total. The Balaban J connectivity index is 0.00000243. The molecule has 26 heavy (non-hydrogen) atoms. The van der Waals surface area contributed by atoms with Crippen molar-refractivity contribution in [2.45, 2.75) is 13.0 Å². The van der Waals surface area contributed by atoms with Gasteiger partial charge in [0.1, 0.15) is 5.82 Å². The van der Waals surface area contributed by atoms with Crippen molar-refractivity contribution in [1.29, 1.82) is 0 Å². The van der Waals surface area contributed by atoms with Crippen LogP contribution in [0.1, 0.15) is 6.92 Å². The zero-order valence-corrected chi connectivity index (χ0v) is 18.1. The number of hydrogen-bond donors (Lipinski definition) is 1. The second-order valence-electron chi connectivity index (χ2n) is 6.61. The van der Waals surface area contributed by atoms with Gasteiger partial charge in [-0.3, -0.25) is 4.99 Å². The van der Waals surface area contributed by atoms with Gasteiger partial charge in [-0.1, -0.05) is 6.07 Å². The number of piperazine rings is 1. The second-order valence-corrected chi connectivity index (χ2v) is 6.61. The van der Waals surface area contributed by atoms with Crippen molar-refractivity contribution < 1.29 is 4.74 Å². The molecule has 0 saturated carbocycles. The van der Waals surface area contributed by atoms with Crippen LogP contribution in [0, 0.1) is 0 Å². The molecule has 1 unspecified atom stereocenters. The van der Waals surface area contributed by atoms with Crippen LogP contribution in [-0.2, 0) is 4.74 Å². The van der Waals surface area contributed by atoms with Crippen molar-refractivity contribution in [3.05, 3.63) is 24.4 Å². The van der Waals surface area contributed by atoms with E-state index in [4.69, 9.17) is 9.73 Å². The Bertz CT molecular complexity index is 550. The van der Waals surface area contributed by atoms with E-state index in [0.29, 0.717) is 6.54 Å². The molecule has 2 fully saturated rings. The molecule has 1 aromatic rings. The standard InChI is InChI=1S/C18H30N6O.HI/c1-3-19-18(21-14-16-15-22(2)12-13-25-16)24-10-8-23(9-11-24)17-6-4-5-7-20-17;/h4-7,16H,3,8-15H2,1-2H3,(H,19,21);1H. The first-order valence-electron chi connectivity index (χ1n) is 9.25. The number of morpholine rings is 1. The van der Waals surface area contributed by atoms with Crippen LogP contribution < -0.4 is 10.2 Å². The first-order chi connectivity index (χ1) is 12.3. The van der Waals surface area contributed by atoms with Crippen molar-refractivity contribution >= 4 is 35.8 Å². The number of hydrogen-bond acceptors (Lipinski definition) is 5. The maximum atomic E-state index is 5.83. The van der Waals surface area contributed by atoms with Crippen LogP contribution in [-0.4, -0.2) is 92.9 Å². The van der Waals surface area contributed by atoms with Crippen molar-refractivity contribution in [2.24, 2.45) is 4.99 Å². The Morgan fingerprint density at radius 3 is 2.73 bits per heavy atom. The molecule has 0 radical (unpaired) electrons. The molecule has 2 aliphatic heterocycles. The Morgan fingerprint density at radius 1 is 1.27 bits per heavy atom. The van der Waals surface area contributed by atoms with Crippen LogP contribution >= 0.6 is 24.0 Å². The highest BCUT2D eigenvalue weighted by Crippen LogP contribution is 2.12. The highest BCUT2D eigenvalue weighted by molar-refractivity contribution is 14.0. The first kappa shape index (κ1) is 21.2. The summed E-state index contributed by atoms with van der Waals surface area (Å²) in [5.41, 5.74) is 0. The molecule has 0 spiro atoms. The number of nitrogens with one attached hydrogen (secondary N) is 1. The topological polar surface area (TPSA) is 56.2 Å². The summed E-state index contributed by atoms with van der Waals surface area (Å²) in [6.07, 6.45) is 2.05. The van der Waals surface area contributed by atoms with Gasteiger partial charge in [-0.25, -0.2) is 4.98 Å². The number of pyridine rings is 1. The molecule has 8 heteroatoms. The minimum Gasteiger partial charge on any atom is -0.374 e. The third-order valence-electron chi connectivity index (χ3n) is 4.67. The van der Waals surface area contributed by atoms with Gasteiger partial charge in [0.2, 0.25) is 0 Å². The van der Waals surface area contributed by atoms with Gasteiger partial charge in [0.15, 0.2) is 5.96 Å². The van der Waals surface area contributed by atoms with Crippen LogP contribution in [0.5, 0.6) is 0 Å². The van der Waals surface area contributed by atoms with Gasteiger partial charge >= 0.3 is 0 Å². The largest absolute Gasteiger partial charge is 0.374 e. The number of rotatable bonds is 4. The fourth-order valence-electron chi connectivity index (χ4n) is 3.28. The maximum Gasteiger partial charge on any atom is 0.194 e. The minimum atomic E-state index is 0. The summed E-state index contributed by atoms with van der Waals surface area (Å²) in [6.45, 7) is 10.3. The molecule has 0 amide bonds. The number of guanidine groups is 1. The van der Waals surface area contributed by atoms with Crippen LogP contribution in [0.25, 0.3) is 0 Å². The Labute approximate surface area is 173 Å². The SMILES string of the molecule is CCNC(=NCC1CN(C)CCO1)N1CCN(c2ccccn2)CC1.I. The highest BCUT2D eigenvalue weighted by atomic mass is 127. The van der Waals surface area contributed by atoms with E-state index in [-0.39, 0.29) is 30.1 Å². The third-order valence-corrected chi connectivity index (χ3v) is 4.67. The first-order valence-corrected chi connectivity index (χ1v) is 9.25. The Hall–Kier alpha value is -1.13. The number of aromatic nitrogens is 1. The zero-order valence-electron chi connectivity index (χ0n) is 15.8. The summed E-state index contributed by atoms with van der Waals surface area (Å²) in [5.74, 6) is 2.06. The summed E-state index contributed by atoms with van der Waals surface area (Å²) >= 11 is 0. The van der Waals surface area contributed by atoms with Gasteiger partial charge in [-0.05, 0) is 26.1 Å². The van der Waals surface area contributed by atoms with Crippen molar-refractivity contribution in [2.75, 3.05) is 70.9 Å². The van der Waals surface area contributed by atoms with Crippen molar-refractivity contribution in [3.8, 4) is 0 Å².